The number of ether oxygens (including phenoxy) is 3. The fourth-order valence-electron chi connectivity index (χ4n) is 6.03. The number of nitrogens with zero attached hydrogens (tertiary/aromatic N) is 1. The molecule has 1 fully saturated rings. The Hall–Kier alpha value is -5.01. The van der Waals surface area contributed by atoms with Crippen molar-refractivity contribution >= 4 is 38.5 Å². The molecule has 0 spiro atoms. The van der Waals surface area contributed by atoms with Gasteiger partial charge in [0.05, 0.1) is 10.8 Å². The Balaban J connectivity index is 1.25. The Morgan fingerprint density at radius 1 is 0.868 bits per heavy atom. The number of hydrogen-bond acceptors (Lipinski definition) is 9. The molecular formula is C40H48N4O8S. The number of benzene rings is 3. The van der Waals surface area contributed by atoms with Crippen molar-refractivity contribution in [3.05, 3.63) is 108 Å². The highest BCUT2D eigenvalue weighted by atomic mass is 32.2. The predicted octanol–water partition coefficient (Wildman–Crippen LogP) is 4.41. The maximum absolute atomic E-state index is 14.1. The van der Waals surface area contributed by atoms with Crippen molar-refractivity contribution in [1.82, 2.24) is 20.9 Å². The summed E-state index contributed by atoms with van der Waals surface area (Å²) in [7, 11) is -3.87. The third kappa shape index (κ3) is 10.5. The van der Waals surface area contributed by atoms with E-state index in [9.17, 15) is 22.8 Å². The second kappa shape index (κ2) is 17.2. The molecule has 5 rings (SSSR count). The van der Waals surface area contributed by atoms with Gasteiger partial charge in [-0.05, 0) is 55.9 Å². The average molecular weight is 745 g/mol. The summed E-state index contributed by atoms with van der Waals surface area (Å²) in [4.78, 5) is 44.3. The Morgan fingerprint density at radius 3 is 2.17 bits per heavy atom. The number of epoxide rings is 1. The normalized spacial score (nSPS) is 17.3. The second-order valence-corrected chi connectivity index (χ2v) is 16.8. The number of amides is 3. The van der Waals surface area contributed by atoms with E-state index in [1.807, 2.05) is 80.6 Å². The van der Waals surface area contributed by atoms with E-state index in [0.717, 1.165) is 28.2 Å². The molecule has 282 valence electrons. The maximum Gasteiger partial charge on any atom is 0.407 e. The molecule has 3 N–H and O–H groups in total. The highest BCUT2D eigenvalue weighted by Gasteiger charge is 2.49. The molecular weight excluding hydrogens is 697 g/mol. The average Bonchev–Trinajstić information content (AvgIpc) is 3.91. The van der Waals surface area contributed by atoms with Gasteiger partial charge in [0.2, 0.25) is 5.91 Å². The van der Waals surface area contributed by atoms with Crippen LogP contribution in [-0.4, -0.2) is 85.9 Å². The van der Waals surface area contributed by atoms with Crippen LogP contribution in [0.2, 0.25) is 0 Å². The van der Waals surface area contributed by atoms with Crippen LogP contribution < -0.4 is 20.7 Å². The molecule has 1 aliphatic rings. The van der Waals surface area contributed by atoms with Crippen molar-refractivity contribution in [1.29, 1.82) is 0 Å². The molecule has 1 saturated heterocycles. The van der Waals surface area contributed by atoms with Crippen LogP contribution in [-0.2, 0) is 41.7 Å². The molecule has 3 amide bonds. The summed E-state index contributed by atoms with van der Waals surface area (Å²) in [5, 5.41) is 10.1. The fraction of sp³-hybridized carbons (Fsp3) is 0.400. The molecule has 5 atom stereocenters. The zero-order chi connectivity index (χ0) is 38.2. The molecule has 2 heterocycles. The van der Waals surface area contributed by atoms with E-state index in [0.29, 0.717) is 18.6 Å². The summed E-state index contributed by atoms with van der Waals surface area (Å²) in [5.41, 5.74) is 1.99. The zero-order valence-electron chi connectivity index (χ0n) is 30.7. The van der Waals surface area contributed by atoms with Crippen molar-refractivity contribution in [3.63, 3.8) is 0 Å². The SMILES string of the molecule is CC(C)[C@@H](Cc1ccccc1)NC(=O)OC[C@@H]1O[C@@H]1[C@H](Cc1ccccc1)NC(=O)[C@@H](NC(=O)COc1cccc2cnccc12)C(C)(C)S(C)(=O)=O. The number of aromatic nitrogens is 1. The number of alkyl carbamates (subject to hydrolysis) is 1. The number of hydrogen-bond donors (Lipinski definition) is 3. The molecule has 0 unspecified atom stereocenters. The number of carbonyl (C=O) groups excluding carboxylic acids is 3. The van der Waals surface area contributed by atoms with Gasteiger partial charge in [0, 0.05) is 35.5 Å². The van der Waals surface area contributed by atoms with Gasteiger partial charge in [0.1, 0.15) is 30.6 Å². The van der Waals surface area contributed by atoms with Gasteiger partial charge < -0.3 is 30.2 Å². The van der Waals surface area contributed by atoms with Crippen LogP contribution >= 0.6 is 0 Å². The number of nitrogens with one attached hydrogen (secondary N) is 3. The van der Waals surface area contributed by atoms with Crippen LogP contribution in [0.15, 0.2) is 97.3 Å². The Bertz CT molecular complexity index is 1970. The second-order valence-electron chi connectivity index (χ2n) is 14.2. The lowest BCUT2D eigenvalue weighted by Gasteiger charge is -2.33. The van der Waals surface area contributed by atoms with Crippen LogP contribution in [0, 0.1) is 5.92 Å². The lowest BCUT2D eigenvalue weighted by atomic mass is 9.97. The number of pyridine rings is 1. The summed E-state index contributed by atoms with van der Waals surface area (Å²) in [6.45, 7) is 6.33. The minimum atomic E-state index is -3.87. The van der Waals surface area contributed by atoms with Gasteiger partial charge in [-0.3, -0.25) is 14.6 Å². The molecule has 4 aromatic rings. The summed E-state index contributed by atoms with van der Waals surface area (Å²) in [6, 6.07) is 24.1. The van der Waals surface area contributed by atoms with E-state index < -0.39 is 63.4 Å². The first kappa shape index (κ1) is 39.2. The van der Waals surface area contributed by atoms with Crippen LogP contribution in [0.4, 0.5) is 4.79 Å². The highest BCUT2D eigenvalue weighted by Crippen LogP contribution is 2.29. The van der Waals surface area contributed by atoms with E-state index in [1.165, 1.54) is 13.8 Å². The molecule has 0 saturated carbocycles. The Labute approximate surface area is 310 Å². The first-order valence-electron chi connectivity index (χ1n) is 17.6. The number of carbonyl (C=O) groups is 3. The molecule has 12 nitrogen and oxygen atoms in total. The van der Waals surface area contributed by atoms with Crippen molar-refractivity contribution in [3.8, 4) is 5.75 Å². The quantitative estimate of drug-likeness (QED) is 0.133. The van der Waals surface area contributed by atoms with Gasteiger partial charge in [0.25, 0.3) is 5.91 Å². The number of rotatable bonds is 17. The summed E-state index contributed by atoms with van der Waals surface area (Å²) >= 11 is 0. The molecule has 1 aromatic heterocycles. The molecule has 3 aromatic carbocycles. The third-order valence-corrected chi connectivity index (χ3v) is 11.8. The van der Waals surface area contributed by atoms with Gasteiger partial charge in [-0.1, -0.05) is 86.6 Å². The lowest BCUT2D eigenvalue weighted by molar-refractivity contribution is -0.131. The monoisotopic (exact) mass is 744 g/mol. The molecule has 1 aliphatic heterocycles. The molecule has 0 bridgehead atoms. The molecule has 0 aliphatic carbocycles. The highest BCUT2D eigenvalue weighted by molar-refractivity contribution is 7.92. The van der Waals surface area contributed by atoms with Gasteiger partial charge in [-0.15, -0.1) is 0 Å². The van der Waals surface area contributed by atoms with Crippen LogP contribution in [0.25, 0.3) is 10.8 Å². The molecule has 53 heavy (non-hydrogen) atoms. The Kier molecular flexibility index (Phi) is 12.7. The van der Waals surface area contributed by atoms with Gasteiger partial charge in [-0.2, -0.15) is 0 Å². The van der Waals surface area contributed by atoms with Crippen LogP contribution in [0.3, 0.4) is 0 Å². The first-order valence-corrected chi connectivity index (χ1v) is 19.5. The van der Waals surface area contributed by atoms with E-state index in [2.05, 4.69) is 20.9 Å². The van der Waals surface area contributed by atoms with E-state index in [-0.39, 0.29) is 18.6 Å². The van der Waals surface area contributed by atoms with Crippen molar-refractivity contribution in [2.24, 2.45) is 5.92 Å². The van der Waals surface area contributed by atoms with E-state index in [1.54, 1.807) is 30.6 Å². The van der Waals surface area contributed by atoms with Gasteiger partial charge in [-0.25, -0.2) is 13.2 Å². The largest absolute Gasteiger partial charge is 0.483 e. The minimum Gasteiger partial charge on any atom is -0.483 e. The Morgan fingerprint density at radius 2 is 1.53 bits per heavy atom. The summed E-state index contributed by atoms with van der Waals surface area (Å²) in [6.07, 6.45) is 3.67. The van der Waals surface area contributed by atoms with Gasteiger partial charge >= 0.3 is 6.09 Å². The zero-order valence-corrected chi connectivity index (χ0v) is 31.5. The predicted molar refractivity (Wildman–Crippen MR) is 202 cm³/mol. The topological polar surface area (TPSA) is 165 Å². The van der Waals surface area contributed by atoms with Crippen LogP contribution in [0.5, 0.6) is 5.75 Å². The van der Waals surface area contributed by atoms with Crippen LogP contribution in [0.1, 0.15) is 38.8 Å². The van der Waals surface area contributed by atoms with Crippen molar-refractivity contribution < 1.29 is 37.0 Å². The maximum atomic E-state index is 14.1. The fourth-order valence-corrected chi connectivity index (χ4v) is 6.63. The summed E-state index contributed by atoms with van der Waals surface area (Å²) in [5.74, 6) is -0.792. The smallest absolute Gasteiger partial charge is 0.407 e. The first-order chi connectivity index (χ1) is 25.2. The number of fused-ring (bicyclic) bond motifs is 1. The molecule has 13 heteroatoms. The third-order valence-electron chi connectivity index (χ3n) is 9.65. The van der Waals surface area contributed by atoms with E-state index >= 15 is 0 Å². The number of sulfone groups is 1. The van der Waals surface area contributed by atoms with Crippen molar-refractivity contribution in [2.75, 3.05) is 19.5 Å². The van der Waals surface area contributed by atoms with E-state index in [4.69, 9.17) is 14.2 Å². The standard InChI is InChI=1S/C40H48N4O8S/c1-26(2)31(21-27-13-8-6-9-14-27)43-39(47)51-24-34-36(52-34)32(22-28-15-10-7-11-16-28)42-38(46)37(40(3,4)53(5,48)49)44-35(45)25-50-33-18-12-17-29-23-41-20-19-30(29)33/h6-20,23,26,31-32,34,36-37H,21-22,24-25H2,1-5H3,(H,42,46)(H,43,47)(H,44,45)/t31-,32+,34+,36-,37-/m1/s1. The molecule has 0 radical (unpaired) electrons. The lowest BCUT2D eigenvalue weighted by Crippen LogP contribution is -2.62. The summed E-state index contributed by atoms with van der Waals surface area (Å²) < 4.78 is 41.6. The van der Waals surface area contributed by atoms with Gasteiger partial charge in [0.15, 0.2) is 16.4 Å². The minimum absolute atomic E-state index is 0.0512. The van der Waals surface area contributed by atoms with Crippen molar-refractivity contribution in [2.45, 2.75) is 75.6 Å².